The average molecular weight is 488 g/mol. The van der Waals surface area contributed by atoms with Crippen molar-refractivity contribution in [2.45, 2.75) is 24.8 Å². The first-order valence-electron chi connectivity index (χ1n) is 8.82. The predicted molar refractivity (Wildman–Crippen MR) is 120 cm³/mol. The SMILES string of the molecule is COc1ccc(Br)cc1-c1nc(CSc2nnnn2-c2cc(C)ccc2C)cs1. The highest BCUT2D eigenvalue weighted by atomic mass is 79.9. The van der Waals surface area contributed by atoms with Crippen LogP contribution >= 0.6 is 39.0 Å². The molecule has 0 saturated carbocycles. The highest BCUT2D eigenvalue weighted by Crippen LogP contribution is 2.35. The van der Waals surface area contributed by atoms with Crippen LogP contribution < -0.4 is 4.74 Å². The van der Waals surface area contributed by atoms with Crippen LogP contribution in [-0.4, -0.2) is 32.3 Å². The Kier molecular flexibility index (Phi) is 5.98. The predicted octanol–water partition coefficient (Wildman–Crippen LogP) is 5.47. The van der Waals surface area contributed by atoms with Gasteiger partial charge in [-0.05, 0) is 59.7 Å². The van der Waals surface area contributed by atoms with Crippen LogP contribution in [0.5, 0.6) is 5.75 Å². The quantitative estimate of drug-likeness (QED) is 0.336. The summed E-state index contributed by atoms with van der Waals surface area (Å²) in [5.74, 6) is 1.48. The van der Waals surface area contributed by atoms with Gasteiger partial charge in [-0.15, -0.1) is 16.4 Å². The minimum absolute atomic E-state index is 0.679. The van der Waals surface area contributed by atoms with Crippen LogP contribution in [0.2, 0.25) is 0 Å². The lowest BCUT2D eigenvalue weighted by Gasteiger charge is -2.08. The Balaban J connectivity index is 1.54. The van der Waals surface area contributed by atoms with Gasteiger partial charge in [-0.2, -0.15) is 4.68 Å². The van der Waals surface area contributed by atoms with Crippen LogP contribution in [0.4, 0.5) is 0 Å². The number of halogens is 1. The van der Waals surface area contributed by atoms with Crippen molar-refractivity contribution in [3.8, 4) is 22.0 Å². The van der Waals surface area contributed by atoms with Gasteiger partial charge in [-0.1, -0.05) is 39.8 Å². The number of hydrogen-bond acceptors (Lipinski definition) is 7. The van der Waals surface area contributed by atoms with E-state index in [-0.39, 0.29) is 0 Å². The molecule has 2 heterocycles. The van der Waals surface area contributed by atoms with Gasteiger partial charge in [0.25, 0.3) is 0 Å². The number of ether oxygens (including phenoxy) is 1. The van der Waals surface area contributed by atoms with E-state index in [1.807, 2.05) is 18.2 Å². The first kappa shape index (κ1) is 20.1. The summed E-state index contributed by atoms with van der Waals surface area (Å²) in [6, 6.07) is 12.2. The molecule has 4 rings (SSSR count). The summed E-state index contributed by atoms with van der Waals surface area (Å²) in [4.78, 5) is 4.78. The second kappa shape index (κ2) is 8.64. The lowest BCUT2D eigenvalue weighted by atomic mass is 10.1. The number of rotatable bonds is 6. The lowest BCUT2D eigenvalue weighted by Crippen LogP contribution is -2.02. The van der Waals surface area contributed by atoms with E-state index in [4.69, 9.17) is 9.72 Å². The third-order valence-corrected chi connectivity index (χ3v) is 6.70. The van der Waals surface area contributed by atoms with Crippen LogP contribution in [0.25, 0.3) is 16.3 Å². The van der Waals surface area contributed by atoms with E-state index >= 15 is 0 Å². The molecule has 0 saturated heterocycles. The van der Waals surface area contributed by atoms with Crippen molar-refractivity contribution in [2.75, 3.05) is 7.11 Å². The van der Waals surface area contributed by atoms with Crippen molar-refractivity contribution in [2.24, 2.45) is 0 Å². The molecule has 0 amide bonds. The zero-order valence-corrected chi connectivity index (χ0v) is 19.3. The second-order valence-electron chi connectivity index (χ2n) is 6.44. The van der Waals surface area contributed by atoms with E-state index in [2.05, 4.69) is 68.9 Å². The average Bonchev–Trinajstić information content (AvgIpc) is 3.37. The summed E-state index contributed by atoms with van der Waals surface area (Å²) in [6.07, 6.45) is 0. The first-order valence-corrected chi connectivity index (χ1v) is 11.5. The second-order valence-corrected chi connectivity index (χ2v) is 9.16. The van der Waals surface area contributed by atoms with Crippen LogP contribution in [-0.2, 0) is 5.75 Å². The largest absolute Gasteiger partial charge is 0.496 e. The lowest BCUT2D eigenvalue weighted by molar-refractivity contribution is 0.416. The summed E-state index contributed by atoms with van der Waals surface area (Å²) < 4.78 is 8.26. The molecule has 0 aliphatic carbocycles. The van der Waals surface area contributed by atoms with Crippen LogP contribution in [0.1, 0.15) is 16.8 Å². The molecule has 0 spiro atoms. The molecule has 0 radical (unpaired) electrons. The summed E-state index contributed by atoms with van der Waals surface area (Å²) in [5.41, 5.74) is 5.25. The molecule has 2 aromatic carbocycles. The van der Waals surface area contributed by atoms with Gasteiger partial charge in [0.05, 0.1) is 24.1 Å². The van der Waals surface area contributed by atoms with Crippen LogP contribution in [0, 0.1) is 13.8 Å². The van der Waals surface area contributed by atoms with Gasteiger partial charge < -0.3 is 4.74 Å². The normalized spacial score (nSPS) is 11.0. The third kappa shape index (κ3) is 4.36. The number of benzene rings is 2. The van der Waals surface area contributed by atoms with Gasteiger partial charge in [0.2, 0.25) is 5.16 Å². The zero-order valence-electron chi connectivity index (χ0n) is 16.1. The van der Waals surface area contributed by atoms with E-state index < -0.39 is 0 Å². The molecule has 29 heavy (non-hydrogen) atoms. The minimum atomic E-state index is 0.679. The van der Waals surface area contributed by atoms with E-state index in [1.165, 1.54) is 5.56 Å². The molecule has 4 aromatic rings. The molecular formula is C20H18BrN5OS2. The van der Waals surface area contributed by atoms with Crippen molar-refractivity contribution < 1.29 is 4.74 Å². The number of tetrazole rings is 1. The maximum absolute atomic E-state index is 5.48. The summed E-state index contributed by atoms with van der Waals surface area (Å²) >= 11 is 6.69. The Labute approximate surface area is 185 Å². The summed E-state index contributed by atoms with van der Waals surface area (Å²) in [7, 11) is 1.67. The molecule has 0 N–H and O–H groups in total. The number of aromatic nitrogens is 5. The minimum Gasteiger partial charge on any atom is -0.496 e. The number of aryl methyl sites for hydroxylation is 2. The Morgan fingerprint density at radius 2 is 2.03 bits per heavy atom. The molecule has 0 fully saturated rings. The fraction of sp³-hybridized carbons (Fsp3) is 0.200. The van der Waals surface area contributed by atoms with Crippen molar-refractivity contribution >= 4 is 39.0 Å². The standard InChI is InChI=1S/C20H18BrN5OS2/c1-12-4-5-13(2)17(8-12)26-20(23-24-25-26)29-11-15-10-28-19(22-15)16-9-14(21)6-7-18(16)27-3/h4-10H,11H2,1-3H3. The van der Waals surface area contributed by atoms with Crippen molar-refractivity contribution in [1.29, 1.82) is 0 Å². The number of methoxy groups -OCH3 is 1. The molecule has 6 nitrogen and oxygen atoms in total. The van der Waals surface area contributed by atoms with Gasteiger partial charge in [-0.3, -0.25) is 0 Å². The first-order chi connectivity index (χ1) is 14.0. The van der Waals surface area contributed by atoms with Crippen molar-refractivity contribution in [3.63, 3.8) is 0 Å². The number of nitrogens with zero attached hydrogens (tertiary/aromatic N) is 5. The molecular weight excluding hydrogens is 470 g/mol. The monoisotopic (exact) mass is 487 g/mol. The maximum atomic E-state index is 5.48. The van der Waals surface area contributed by atoms with E-state index in [0.717, 1.165) is 42.9 Å². The molecule has 148 valence electrons. The van der Waals surface area contributed by atoms with Crippen LogP contribution in [0.3, 0.4) is 0 Å². The van der Waals surface area contributed by atoms with E-state index in [9.17, 15) is 0 Å². The topological polar surface area (TPSA) is 65.7 Å². The Bertz CT molecular complexity index is 1160. The van der Waals surface area contributed by atoms with Crippen molar-refractivity contribution in [1.82, 2.24) is 25.2 Å². The Morgan fingerprint density at radius 1 is 1.17 bits per heavy atom. The van der Waals surface area contributed by atoms with Gasteiger partial charge in [0.15, 0.2) is 0 Å². The highest BCUT2D eigenvalue weighted by Gasteiger charge is 2.14. The fourth-order valence-corrected chi connectivity index (χ4v) is 4.93. The fourth-order valence-electron chi connectivity index (χ4n) is 2.85. The molecule has 0 unspecified atom stereocenters. The summed E-state index contributed by atoms with van der Waals surface area (Å²) in [5, 5.41) is 16.0. The maximum Gasteiger partial charge on any atom is 0.214 e. The number of hydrogen-bond donors (Lipinski definition) is 0. The van der Waals surface area contributed by atoms with Gasteiger partial charge in [-0.25, -0.2) is 4.98 Å². The molecule has 0 aliphatic rings. The van der Waals surface area contributed by atoms with Crippen LogP contribution in [0.15, 0.2) is 51.4 Å². The van der Waals surface area contributed by atoms with Gasteiger partial charge in [0, 0.05) is 15.6 Å². The highest BCUT2D eigenvalue weighted by molar-refractivity contribution is 9.10. The Morgan fingerprint density at radius 3 is 2.86 bits per heavy atom. The molecule has 0 bridgehead atoms. The third-order valence-electron chi connectivity index (χ3n) is 4.33. The van der Waals surface area contributed by atoms with Gasteiger partial charge in [0.1, 0.15) is 10.8 Å². The van der Waals surface area contributed by atoms with Crippen molar-refractivity contribution in [3.05, 3.63) is 63.1 Å². The van der Waals surface area contributed by atoms with E-state index in [1.54, 1.807) is 34.9 Å². The number of thiazole rings is 1. The molecule has 9 heteroatoms. The summed E-state index contributed by atoms with van der Waals surface area (Å²) in [6.45, 7) is 4.12. The van der Waals surface area contributed by atoms with E-state index in [0.29, 0.717) is 5.75 Å². The smallest absolute Gasteiger partial charge is 0.214 e. The molecule has 0 aliphatic heterocycles. The van der Waals surface area contributed by atoms with Gasteiger partial charge >= 0.3 is 0 Å². The molecule has 0 atom stereocenters. The zero-order chi connectivity index (χ0) is 20.4. The molecule has 2 aromatic heterocycles. The Hall–Kier alpha value is -2.23. The number of thioether (sulfide) groups is 1.